The molecule has 21 heavy (non-hydrogen) atoms. The van der Waals surface area contributed by atoms with Gasteiger partial charge in [-0.05, 0) is 24.1 Å². The van der Waals surface area contributed by atoms with Crippen LogP contribution in [0.4, 0.5) is 18.9 Å². The van der Waals surface area contributed by atoms with E-state index in [0.29, 0.717) is 0 Å². The molecule has 8 heteroatoms. The number of halogens is 3. The number of hydrogen-bond acceptors (Lipinski definition) is 4. The molecule has 0 spiro atoms. The van der Waals surface area contributed by atoms with Gasteiger partial charge in [0.25, 0.3) is 5.91 Å². The Morgan fingerprint density at radius 2 is 2.05 bits per heavy atom. The maximum Gasteiger partial charge on any atom is 0.573 e. The number of amides is 1. The number of nitrogens with two attached hydrogens (primary N) is 1. The molecule has 1 amide bonds. The summed E-state index contributed by atoms with van der Waals surface area (Å²) in [5.41, 5.74) is 5.22. The van der Waals surface area contributed by atoms with Crippen LogP contribution in [0.1, 0.15) is 24.2 Å². The van der Waals surface area contributed by atoms with E-state index in [1.165, 1.54) is 6.07 Å². The van der Waals surface area contributed by atoms with Crippen molar-refractivity contribution in [3.05, 3.63) is 23.8 Å². The normalized spacial score (nSPS) is 13.1. The Hall–Kier alpha value is -1.96. The second-order valence-electron chi connectivity index (χ2n) is 4.81. The van der Waals surface area contributed by atoms with Gasteiger partial charge in [-0.3, -0.25) is 4.79 Å². The summed E-state index contributed by atoms with van der Waals surface area (Å²) in [6, 6.07) is 2.78. The number of alkyl halides is 3. The van der Waals surface area contributed by atoms with Crippen LogP contribution in [0, 0.1) is 5.92 Å². The van der Waals surface area contributed by atoms with E-state index < -0.39 is 24.1 Å². The fourth-order valence-corrected chi connectivity index (χ4v) is 1.58. The molecule has 0 heterocycles. The Bertz CT molecular complexity index is 504. The summed E-state index contributed by atoms with van der Waals surface area (Å²) < 4.78 is 40.0. The highest BCUT2D eigenvalue weighted by atomic mass is 19.4. The lowest BCUT2D eigenvalue weighted by Crippen LogP contribution is -2.41. The van der Waals surface area contributed by atoms with Crippen molar-refractivity contribution < 1.29 is 27.8 Å². The zero-order chi connectivity index (χ0) is 16.2. The third-order valence-electron chi connectivity index (χ3n) is 2.82. The SMILES string of the molecule is CC(C)[C@@H](CO)NC(=O)c1ccc(OC(F)(F)F)c(N)c1. The number of benzene rings is 1. The highest BCUT2D eigenvalue weighted by Crippen LogP contribution is 2.28. The first-order valence-electron chi connectivity index (χ1n) is 6.21. The second-order valence-corrected chi connectivity index (χ2v) is 4.81. The molecule has 0 fully saturated rings. The summed E-state index contributed by atoms with van der Waals surface area (Å²) in [6.07, 6.45) is -4.85. The number of ether oxygens (including phenoxy) is 1. The molecular weight excluding hydrogens is 289 g/mol. The van der Waals surface area contributed by atoms with Gasteiger partial charge in [0.05, 0.1) is 18.3 Å². The smallest absolute Gasteiger partial charge is 0.404 e. The van der Waals surface area contributed by atoms with Gasteiger partial charge in [0.1, 0.15) is 0 Å². The minimum atomic E-state index is -4.85. The van der Waals surface area contributed by atoms with Crippen LogP contribution in [-0.4, -0.2) is 30.0 Å². The average molecular weight is 306 g/mol. The molecule has 4 N–H and O–H groups in total. The van der Waals surface area contributed by atoms with Crippen molar-refractivity contribution in [1.82, 2.24) is 5.32 Å². The molecule has 0 aliphatic heterocycles. The van der Waals surface area contributed by atoms with E-state index in [1.54, 1.807) is 0 Å². The standard InChI is InChI=1S/C13H17F3N2O3/c1-7(2)10(6-19)18-12(20)8-3-4-11(9(17)5-8)21-13(14,15)16/h3-5,7,10,19H,6,17H2,1-2H3,(H,18,20)/t10-/m1/s1. The van der Waals surface area contributed by atoms with Crippen molar-refractivity contribution >= 4 is 11.6 Å². The Morgan fingerprint density at radius 3 is 2.48 bits per heavy atom. The van der Waals surface area contributed by atoms with Gasteiger partial charge < -0.3 is 20.9 Å². The molecule has 118 valence electrons. The molecule has 0 bridgehead atoms. The number of aliphatic hydroxyl groups is 1. The summed E-state index contributed by atoms with van der Waals surface area (Å²) in [7, 11) is 0. The fourth-order valence-electron chi connectivity index (χ4n) is 1.58. The second kappa shape index (κ2) is 6.66. The first kappa shape index (κ1) is 17.1. The Kier molecular flexibility index (Phi) is 5.42. The summed E-state index contributed by atoms with van der Waals surface area (Å²) in [5, 5.41) is 11.7. The van der Waals surface area contributed by atoms with Crippen LogP contribution in [0.2, 0.25) is 0 Å². The average Bonchev–Trinajstić information content (AvgIpc) is 2.36. The summed E-state index contributed by atoms with van der Waals surface area (Å²) in [5.74, 6) is -1.10. The van der Waals surface area contributed by atoms with Crippen molar-refractivity contribution in [3.63, 3.8) is 0 Å². The number of hydrogen-bond donors (Lipinski definition) is 3. The van der Waals surface area contributed by atoms with Crippen molar-refractivity contribution in [2.75, 3.05) is 12.3 Å². The van der Waals surface area contributed by atoms with E-state index in [0.717, 1.165) is 12.1 Å². The Labute approximate surface area is 119 Å². The number of anilines is 1. The van der Waals surface area contributed by atoms with Gasteiger partial charge >= 0.3 is 6.36 Å². The predicted molar refractivity (Wildman–Crippen MR) is 70.7 cm³/mol. The number of aliphatic hydroxyl groups excluding tert-OH is 1. The summed E-state index contributed by atoms with van der Waals surface area (Å²) in [6.45, 7) is 3.39. The van der Waals surface area contributed by atoms with Crippen LogP contribution in [0.3, 0.4) is 0 Å². The number of carbonyl (C=O) groups is 1. The molecule has 0 unspecified atom stereocenters. The van der Waals surface area contributed by atoms with E-state index in [1.807, 2.05) is 13.8 Å². The maximum absolute atomic E-state index is 12.1. The minimum Gasteiger partial charge on any atom is -0.404 e. The van der Waals surface area contributed by atoms with Crippen LogP contribution in [0.15, 0.2) is 18.2 Å². The zero-order valence-electron chi connectivity index (χ0n) is 11.6. The van der Waals surface area contributed by atoms with E-state index in [-0.39, 0.29) is 23.8 Å². The largest absolute Gasteiger partial charge is 0.573 e. The third kappa shape index (κ3) is 5.14. The van der Waals surface area contributed by atoms with Gasteiger partial charge in [-0.2, -0.15) is 0 Å². The van der Waals surface area contributed by atoms with E-state index in [2.05, 4.69) is 10.1 Å². The molecule has 0 saturated carbocycles. The Morgan fingerprint density at radius 1 is 1.43 bits per heavy atom. The van der Waals surface area contributed by atoms with Gasteiger partial charge in [0, 0.05) is 5.56 Å². The molecule has 0 saturated heterocycles. The zero-order valence-corrected chi connectivity index (χ0v) is 11.6. The molecule has 0 aromatic heterocycles. The predicted octanol–water partition coefficient (Wildman–Crippen LogP) is 1.91. The molecule has 1 atom stereocenters. The topological polar surface area (TPSA) is 84.6 Å². The van der Waals surface area contributed by atoms with Gasteiger partial charge in [-0.15, -0.1) is 13.2 Å². The number of rotatable bonds is 5. The highest BCUT2D eigenvalue weighted by molar-refractivity contribution is 5.95. The molecule has 0 aliphatic rings. The highest BCUT2D eigenvalue weighted by Gasteiger charge is 2.32. The van der Waals surface area contributed by atoms with Crippen LogP contribution >= 0.6 is 0 Å². The molecule has 0 aliphatic carbocycles. The lowest BCUT2D eigenvalue weighted by Gasteiger charge is -2.20. The quantitative estimate of drug-likeness (QED) is 0.726. The van der Waals surface area contributed by atoms with Gasteiger partial charge in [0.2, 0.25) is 0 Å². The summed E-state index contributed by atoms with van der Waals surface area (Å²) >= 11 is 0. The molecular formula is C13H17F3N2O3. The molecule has 0 radical (unpaired) electrons. The summed E-state index contributed by atoms with van der Waals surface area (Å²) in [4.78, 5) is 11.9. The first-order valence-corrected chi connectivity index (χ1v) is 6.21. The lowest BCUT2D eigenvalue weighted by molar-refractivity contribution is -0.274. The van der Waals surface area contributed by atoms with Gasteiger partial charge in [-0.25, -0.2) is 0 Å². The van der Waals surface area contributed by atoms with Crippen molar-refractivity contribution in [3.8, 4) is 5.75 Å². The number of carbonyl (C=O) groups excluding carboxylic acids is 1. The van der Waals surface area contributed by atoms with Crippen molar-refractivity contribution in [2.45, 2.75) is 26.3 Å². The third-order valence-corrected chi connectivity index (χ3v) is 2.82. The van der Waals surface area contributed by atoms with Crippen molar-refractivity contribution in [1.29, 1.82) is 0 Å². The number of nitrogen functional groups attached to an aromatic ring is 1. The lowest BCUT2D eigenvalue weighted by atomic mass is 10.0. The van der Waals surface area contributed by atoms with Crippen LogP contribution in [0.25, 0.3) is 0 Å². The van der Waals surface area contributed by atoms with E-state index >= 15 is 0 Å². The maximum atomic E-state index is 12.1. The van der Waals surface area contributed by atoms with Gasteiger partial charge in [0.15, 0.2) is 5.75 Å². The van der Waals surface area contributed by atoms with Crippen LogP contribution in [-0.2, 0) is 0 Å². The molecule has 1 rings (SSSR count). The first-order chi connectivity index (χ1) is 9.64. The van der Waals surface area contributed by atoms with Gasteiger partial charge in [-0.1, -0.05) is 13.8 Å². The van der Waals surface area contributed by atoms with E-state index in [9.17, 15) is 18.0 Å². The number of nitrogens with one attached hydrogen (secondary N) is 1. The van der Waals surface area contributed by atoms with Crippen LogP contribution < -0.4 is 15.8 Å². The monoisotopic (exact) mass is 306 g/mol. The van der Waals surface area contributed by atoms with E-state index in [4.69, 9.17) is 10.8 Å². The minimum absolute atomic E-state index is 0.00383. The fraction of sp³-hybridized carbons (Fsp3) is 0.462. The Balaban J connectivity index is 2.86. The molecule has 1 aromatic carbocycles. The molecule has 5 nitrogen and oxygen atoms in total. The van der Waals surface area contributed by atoms with Crippen molar-refractivity contribution in [2.24, 2.45) is 5.92 Å². The molecule has 1 aromatic rings. The van der Waals surface area contributed by atoms with Crippen LogP contribution in [0.5, 0.6) is 5.75 Å².